The van der Waals surface area contributed by atoms with Crippen molar-refractivity contribution in [1.82, 2.24) is 24.2 Å². The van der Waals surface area contributed by atoms with Crippen LogP contribution in [0, 0.1) is 13.8 Å². The molecule has 1 aliphatic rings. The quantitative estimate of drug-likeness (QED) is 0.839. The summed E-state index contributed by atoms with van der Waals surface area (Å²) in [6.45, 7) is 7.32. The van der Waals surface area contributed by atoms with Crippen LogP contribution in [0.15, 0.2) is 16.9 Å². The minimum atomic E-state index is -0.206. The van der Waals surface area contributed by atoms with Crippen LogP contribution in [0.2, 0.25) is 0 Å². The highest BCUT2D eigenvalue weighted by molar-refractivity contribution is 5.76. The summed E-state index contributed by atoms with van der Waals surface area (Å²) >= 11 is 0. The molecule has 0 spiro atoms. The van der Waals surface area contributed by atoms with Crippen LogP contribution in [0.1, 0.15) is 49.7 Å². The van der Waals surface area contributed by atoms with Gasteiger partial charge < -0.3 is 4.90 Å². The van der Waals surface area contributed by atoms with E-state index in [-0.39, 0.29) is 18.0 Å². The van der Waals surface area contributed by atoms with Gasteiger partial charge in [0.1, 0.15) is 6.54 Å². The van der Waals surface area contributed by atoms with E-state index in [1.165, 1.54) is 10.6 Å². The first-order valence-electron chi connectivity index (χ1n) is 9.41. The molecular weight excluding hydrogens is 330 g/mol. The molecule has 1 amide bonds. The van der Waals surface area contributed by atoms with E-state index in [1.54, 1.807) is 4.68 Å². The van der Waals surface area contributed by atoms with Gasteiger partial charge in [0.25, 0.3) is 5.56 Å². The first-order valence-corrected chi connectivity index (χ1v) is 9.41. The van der Waals surface area contributed by atoms with Crippen molar-refractivity contribution < 1.29 is 4.79 Å². The second-order valence-corrected chi connectivity index (χ2v) is 6.96. The van der Waals surface area contributed by atoms with Crippen molar-refractivity contribution in [3.63, 3.8) is 0 Å². The molecule has 3 rings (SSSR count). The Morgan fingerprint density at radius 1 is 1.12 bits per heavy atom. The Morgan fingerprint density at radius 2 is 1.81 bits per heavy atom. The number of hydrogen-bond acceptors (Lipinski definition) is 4. The zero-order valence-corrected chi connectivity index (χ0v) is 15.9. The van der Waals surface area contributed by atoms with Gasteiger partial charge in [-0.3, -0.25) is 14.2 Å². The molecule has 2 aromatic rings. The summed E-state index contributed by atoms with van der Waals surface area (Å²) < 4.78 is 3.11. The monoisotopic (exact) mass is 357 g/mol. The lowest BCUT2D eigenvalue weighted by atomic mass is 10.2. The van der Waals surface area contributed by atoms with Crippen molar-refractivity contribution in [2.75, 3.05) is 13.1 Å². The van der Waals surface area contributed by atoms with Crippen LogP contribution in [0.4, 0.5) is 0 Å². The molecule has 0 N–H and O–H groups in total. The van der Waals surface area contributed by atoms with Crippen LogP contribution in [0.5, 0.6) is 0 Å². The molecule has 0 aromatic carbocycles. The highest BCUT2D eigenvalue weighted by Crippen LogP contribution is 2.13. The molecule has 1 fully saturated rings. The van der Waals surface area contributed by atoms with Gasteiger partial charge >= 0.3 is 0 Å². The van der Waals surface area contributed by atoms with E-state index in [9.17, 15) is 9.59 Å². The number of nitrogens with zero attached hydrogens (tertiary/aromatic N) is 5. The summed E-state index contributed by atoms with van der Waals surface area (Å²) in [5.74, 6) is 0.394. The largest absolute Gasteiger partial charge is 0.341 e. The molecule has 7 heteroatoms. The van der Waals surface area contributed by atoms with Crippen LogP contribution in [0.25, 0.3) is 5.95 Å². The minimum absolute atomic E-state index is 0.00348. The number of carbonyl (C=O) groups is 1. The highest BCUT2D eigenvalue weighted by atomic mass is 16.2. The number of likely N-dealkylation sites (tertiary alicyclic amines) is 1. The molecule has 0 bridgehead atoms. The molecular formula is C19H27N5O2. The fourth-order valence-corrected chi connectivity index (χ4v) is 3.42. The lowest BCUT2D eigenvalue weighted by molar-refractivity contribution is -0.131. The average molecular weight is 357 g/mol. The Labute approximate surface area is 153 Å². The number of rotatable bonds is 4. The number of aromatic nitrogens is 4. The van der Waals surface area contributed by atoms with Crippen LogP contribution in [-0.4, -0.2) is 43.2 Å². The third kappa shape index (κ3) is 3.86. The molecule has 3 heterocycles. The summed E-state index contributed by atoms with van der Waals surface area (Å²) in [5, 5.41) is 4.46. The van der Waals surface area contributed by atoms with Crippen molar-refractivity contribution in [3.8, 4) is 5.95 Å². The standard InChI is InChI=1S/C19H27N5O2/c1-4-16-12-17(25)23(13-18(26)22-9-7-5-6-8-10-22)19(20-16)24-15(3)11-14(2)21-24/h11-12H,4-10,13H2,1-3H3. The average Bonchev–Trinajstić information content (AvgIpc) is 2.80. The summed E-state index contributed by atoms with van der Waals surface area (Å²) in [5.41, 5.74) is 2.24. The van der Waals surface area contributed by atoms with E-state index in [1.807, 2.05) is 31.7 Å². The molecule has 7 nitrogen and oxygen atoms in total. The topological polar surface area (TPSA) is 73.0 Å². The lowest BCUT2D eigenvalue weighted by Gasteiger charge is -2.22. The van der Waals surface area contributed by atoms with Gasteiger partial charge in [0, 0.05) is 30.5 Å². The van der Waals surface area contributed by atoms with Gasteiger partial charge in [-0.15, -0.1) is 0 Å². The number of aryl methyl sites for hydroxylation is 3. The molecule has 0 atom stereocenters. The van der Waals surface area contributed by atoms with Gasteiger partial charge in [0.05, 0.1) is 5.69 Å². The van der Waals surface area contributed by atoms with Gasteiger partial charge in [-0.05, 0) is 39.2 Å². The van der Waals surface area contributed by atoms with E-state index < -0.39 is 0 Å². The van der Waals surface area contributed by atoms with Crippen LogP contribution >= 0.6 is 0 Å². The van der Waals surface area contributed by atoms with E-state index in [4.69, 9.17) is 0 Å². The lowest BCUT2D eigenvalue weighted by Crippen LogP contribution is -2.38. The summed E-state index contributed by atoms with van der Waals surface area (Å²) in [4.78, 5) is 32.0. The fraction of sp³-hybridized carbons (Fsp3) is 0.579. The predicted octanol–water partition coefficient (Wildman–Crippen LogP) is 2.01. The Bertz CT molecular complexity index is 844. The minimum Gasteiger partial charge on any atom is -0.341 e. The van der Waals surface area contributed by atoms with E-state index >= 15 is 0 Å². The van der Waals surface area contributed by atoms with Crippen molar-refractivity contribution >= 4 is 5.91 Å². The SMILES string of the molecule is CCc1cc(=O)n(CC(=O)N2CCCCCC2)c(-n2nc(C)cc2C)n1. The van der Waals surface area contributed by atoms with Crippen LogP contribution in [-0.2, 0) is 17.8 Å². The maximum absolute atomic E-state index is 12.8. The Balaban J connectivity index is 1.99. The predicted molar refractivity (Wildman–Crippen MR) is 99.5 cm³/mol. The van der Waals surface area contributed by atoms with Crippen molar-refractivity contribution in [2.24, 2.45) is 0 Å². The highest BCUT2D eigenvalue weighted by Gasteiger charge is 2.20. The fourth-order valence-electron chi connectivity index (χ4n) is 3.42. The van der Waals surface area contributed by atoms with Crippen molar-refractivity contribution in [3.05, 3.63) is 39.6 Å². The Kier molecular flexibility index (Phi) is 5.54. The molecule has 140 valence electrons. The summed E-state index contributed by atoms with van der Waals surface area (Å²) in [6, 6.07) is 3.45. The van der Waals surface area contributed by atoms with Gasteiger partial charge in [-0.1, -0.05) is 19.8 Å². The second-order valence-electron chi connectivity index (χ2n) is 6.96. The van der Waals surface area contributed by atoms with Crippen molar-refractivity contribution in [2.45, 2.75) is 59.4 Å². The normalized spacial score (nSPS) is 15.1. The van der Waals surface area contributed by atoms with Crippen LogP contribution < -0.4 is 5.56 Å². The third-order valence-corrected chi connectivity index (χ3v) is 4.85. The molecule has 26 heavy (non-hydrogen) atoms. The second kappa shape index (κ2) is 7.85. The molecule has 2 aromatic heterocycles. The first-order chi connectivity index (χ1) is 12.5. The van der Waals surface area contributed by atoms with Crippen molar-refractivity contribution in [1.29, 1.82) is 0 Å². The molecule has 0 saturated carbocycles. The smallest absolute Gasteiger partial charge is 0.255 e. The summed E-state index contributed by atoms with van der Waals surface area (Å²) in [6.07, 6.45) is 5.03. The van der Waals surface area contributed by atoms with Crippen LogP contribution in [0.3, 0.4) is 0 Å². The van der Waals surface area contributed by atoms with E-state index in [2.05, 4.69) is 10.1 Å². The molecule has 0 aliphatic carbocycles. The van der Waals surface area contributed by atoms with E-state index in [0.717, 1.165) is 50.2 Å². The number of carbonyl (C=O) groups excluding carboxylic acids is 1. The maximum atomic E-state index is 12.8. The van der Waals surface area contributed by atoms with E-state index in [0.29, 0.717) is 18.1 Å². The number of amides is 1. The first kappa shape index (κ1) is 18.4. The van der Waals surface area contributed by atoms with Gasteiger partial charge in [-0.2, -0.15) is 5.10 Å². The molecule has 1 saturated heterocycles. The third-order valence-electron chi connectivity index (χ3n) is 4.85. The molecule has 1 aliphatic heterocycles. The van der Waals surface area contributed by atoms with Gasteiger partial charge in [-0.25, -0.2) is 9.67 Å². The van der Waals surface area contributed by atoms with Gasteiger partial charge in [0.2, 0.25) is 11.9 Å². The number of hydrogen-bond donors (Lipinski definition) is 0. The Morgan fingerprint density at radius 3 is 2.38 bits per heavy atom. The summed E-state index contributed by atoms with van der Waals surface area (Å²) in [7, 11) is 0. The molecule has 0 unspecified atom stereocenters. The van der Waals surface area contributed by atoms with Gasteiger partial charge in [0.15, 0.2) is 0 Å². The zero-order valence-electron chi connectivity index (χ0n) is 15.9. The maximum Gasteiger partial charge on any atom is 0.255 e. The zero-order chi connectivity index (χ0) is 18.7. The molecule has 0 radical (unpaired) electrons. The Hall–Kier alpha value is -2.44.